The number of esters is 1. The summed E-state index contributed by atoms with van der Waals surface area (Å²) in [4.78, 5) is 11.0. The summed E-state index contributed by atoms with van der Waals surface area (Å²) >= 11 is 0. The number of benzene rings is 2. The first-order valence-corrected chi connectivity index (χ1v) is 6.00. The molecule has 96 valence electrons. The first kappa shape index (κ1) is 11.7. The van der Waals surface area contributed by atoms with Gasteiger partial charge in [0.1, 0.15) is 17.2 Å². The van der Waals surface area contributed by atoms with Gasteiger partial charge in [-0.3, -0.25) is 4.79 Å². The summed E-state index contributed by atoms with van der Waals surface area (Å²) in [7, 11) is 0. The minimum absolute atomic E-state index is 0.230. The molecule has 0 aliphatic carbocycles. The van der Waals surface area contributed by atoms with Gasteiger partial charge in [0, 0.05) is 24.1 Å². The molecule has 1 heterocycles. The highest BCUT2D eigenvalue weighted by Gasteiger charge is 2.24. The maximum atomic E-state index is 11.0. The van der Waals surface area contributed by atoms with Gasteiger partial charge >= 0.3 is 5.97 Å². The van der Waals surface area contributed by atoms with Crippen molar-refractivity contribution in [3.8, 4) is 17.2 Å². The first-order chi connectivity index (χ1) is 9.15. The number of fused-ring (bicyclic) bond motifs is 2. The average Bonchev–Trinajstić information content (AvgIpc) is 2.38. The Morgan fingerprint density at radius 1 is 1.16 bits per heavy atom. The first-order valence-electron chi connectivity index (χ1n) is 6.00. The van der Waals surface area contributed by atoms with Crippen LogP contribution in [0.4, 0.5) is 0 Å². The van der Waals surface area contributed by atoms with Crippen LogP contribution >= 0.6 is 0 Å². The Balaban J connectivity index is 2.03. The molecule has 2 aromatic rings. The van der Waals surface area contributed by atoms with E-state index in [1.165, 1.54) is 6.92 Å². The predicted molar refractivity (Wildman–Crippen MR) is 70.3 cm³/mol. The summed E-state index contributed by atoms with van der Waals surface area (Å²) in [6.07, 6.45) is 0. The summed E-state index contributed by atoms with van der Waals surface area (Å²) in [6.45, 7) is 1.36. The smallest absolute Gasteiger partial charge is 0.308 e. The van der Waals surface area contributed by atoms with Gasteiger partial charge in [-0.1, -0.05) is 18.2 Å². The highest BCUT2D eigenvalue weighted by atomic mass is 16.5. The fourth-order valence-corrected chi connectivity index (χ4v) is 2.21. The molecule has 1 aliphatic rings. The molecule has 2 N–H and O–H groups in total. The van der Waals surface area contributed by atoms with Crippen LogP contribution in [0.2, 0.25) is 0 Å². The van der Waals surface area contributed by atoms with E-state index >= 15 is 0 Å². The van der Waals surface area contributed by atoms with Crippen LogP contribution < -0.4 is 15.2 Å². The lowest BCUT2D eigenvalue weighted by Crippen LogP contribution is -2.17. The molecule has 4 heteroatoms. The average molecular weight is 255 g/mol. The minimum atomic E-state index is -0.361. The molecular formula is C15H13NO3. The van der Waals surface area contributed by atoms with Crippen LogP contribution in [0.15, 0.2) is 42.5 Å². The zero-order valence-corrected chi connectivity index (χ0v) is 10.4. The number of rotatable bonds is 1. The minimum Gasteiger partial charge on any atom is -0.457 e. The summed E-state index contributed by atoms with van der Waals surface area (Å²) < 4.78 is 10.8. The second-order valence-corrected chi connectivity index (χ2v) is 4.41. The molecule has 1 aliphatic heterocycles. The fourth-order valence-electron chi connectivity index (χ4n) is 2.21. The highest BCUT2D eigenvalue weighted by Crippen LogP contribution is 2.42. The molecule has 0 radical (unpaired) electrons. The molecule has 3 rings (SSSR count). The van der Waals surface area contributed by atoms with Gasteiger partial charge in [0.15, 0.2) is 0 Å². The van der Waals surface area contributed by atoms with E-state index in [2.05, 4.69) is 0 Å². The fraction of sp³-hybridized carbons (Fsp3) is 0.133. The van der Waals surface area contributed by atoms with Gasteiger partial charge in [-0.25, -0.2) is 0 Å². The number of carbonyl (C=O) groups is 1. The third-order valence-electron chi connectivity index (χ3n) is 3.06. The third-order valence-corrected chi connectivity index (χ3v) is 3.06. The Hall–Kier alpha value is -2.33. The SMILES string of the molecule is CC(=O)Oc1ccc2c(c1)Oc1ccccc1C2N. The van der Waals surface area contributed by atoms with Crippen molar-refractivity contribution < 1.29 is 14.3 Å². The maximum Gasteiger partial charge on any atom is 0.308 e. The molecular weight excluding hydrogens is 242 g/mol. The molecule has 0 saturated carbocycles. The lowest BCUT2D eigenvalue weighted by molar-refractivity contribution is -0.131. The van der Waals surface area contributed by atoms with Gasteiger partial charge in [0.05, 0.1) is 6.04 Å². The van der Waals surface area contributed by atoms with E-state index in [0.717, 1.165) is 16.9 Å². The zero-order valence-electron chi connectivity index (χ0n) is 10.4. The number of hydrogen-bond acceptors (Lipinski definition) is 4. The molecule has 1 atom stereocenters. The summed E-state index contributed by atoms with van der Waals surface area (Å²) in [5, 5.41) is 0. The molecule has 0 bridgehead atoms. The quantitative estimate of drug-likeness (QED) is 0.628. The number of ether oxygens (including phenoxy) is 2. The van der Waals surface area contributed by atoms with E-state index in [9.17, 15) is 4.79 Å². The predicted octanol–water partition coefficient (Wildman–Crippen LogP) is 2.77. The molecule has 1 unspecified atom stereocenters. The molecule has 4 nitrogen and oxygen atoms in total. The Labute approximate surface area is 110 Å². The Morgan fingerprint density at radius 3 is 2.68 bits per heavy atom. The van der Waals surface area contributed by atoms with Gasteiger partial charge in [-0.2, -0.15) is 0 Å². The summed E-state index contributed by atoms with van der Waals surface area (Å²) in [5.74, 6) is 1.46. The van der Waals surface area contributed by atoms with Crippen molar-refractivity contribution in [2.75, 3.05) is 0 Å². The monoisotopic (exact) mass is 255 g/mol. The number of carbonyl (C=O) groups excluding carboxylic acids is 1. The van der Waals surface area contributed by atoms with Crippen LogP contribution in [0.25, 0.3) is 0 Å². The molecule has 0 saturated heterocycles. The van der Waals surface area contributed by atoms with Crippen LogP contribution in [0.1, 0.15) is 24.1 Å². The van der Waals surface area contributed by atoms with Crippen LogP contribution in [0, 0.1) is 0 Å². The number of hydrogen-bond donors (Lipinski definition) is 1. The zero-order chi connectivity index (χ0) is 13.4. The van der Waals surface area contributed by atoms with Crippen molar-refractivity contribution in [2.24, 2.45) is 5.73 Å². The second kappa shape index (κ2) is 4.40. The lowest BCUT2D eigenvalue weighted by Gasteiger charge is -2.25. The normalized spacial score (nSPS) is 16.0. The molecule has 19 heavy (non-hydrogen) atoms. The number of para-hydroxylation sites is 1. The van der Waals surface area contributed by atoms with E-state index in [1.54, 1.807) is 12.1 Å². The third kappa shape index (κ3) is 2.06. The van der Waals surface area contributed by atoms with Gasteiger partial charge in [0.25, 0.3) is 0 Å². The van der Waals surface area contributed by atoms with E-state index < -0.39 is 0 Å². The van der Waals surface area contributed by atoms with Crippen molar-refractivity contribution in [1.29, 1.82) is 0 Å². The van der Waals surface area contributed by atoms with E-state index in [0.29, 0.717) is 11.5 Å². The Bertz CT molecular complexity index is 652. The van der Waals surface area contributed by atoms with E-state index in [4.69, 9.17) is 15.2 Å². The van der Waals surface area contributed by atoms with Crippen molar-refractivity contribution in [2.45, 2.75) is 13.0 Å². The second-order valence-electron chi connectivity index (χ2n) is 4.41. The summed E-state index contributed by atoms with van der Waals surface area (Å²) in [6, 6.07) is 12.6. The molecule has 0 fully saturated rings. The number of nitrogens with two attached hydrogens (primary N) is 1. The van der Waals surface area contributed by atoms with Gasteiger partial charge in [-0.15, -0.1) is 0 Å². The molecule has 2 aromatic carbocycles. The summed E-state index contributed by atoms with van der Waals surface area (Å²) in [5.41, 5.74) is 8.06. The Morgan fingerprint density at radius 2 is 1.89 bits per heavy atom. The van der Waals surface area contributed by atoms with E-state index in [-0.39, 0.29) is 12.0 Å². The maximum absolute atomic E-state index is 11.0. The van der Waals surface area contributed by atoms with Crippen molar-refractivity contribution in [1.82, 2.24) is 0 Å². The standard InChI is InChI=1S/C15H13NO3/c1-9(17)18-10-6-7-12-14(8-10)19-13-5-3-2-4-11(13)15(12)16/h2-8,15H,16H2,1H3. The van der Waals surface area contributed by atoms with Crippen molar-refractivity contribution in [3.05, 3.63) is 53.6 Å². The van der Waals surface area contributed by atoms with Crippen LogP contribution in [-0.4, -0.2) is 5.97 Å². The topological polar surface area (TPSA) is 61.5 Å². The largest absolute Gasteiger partial charge is 0.457 e. The van der Waals surface area contributed by atoms with Gasteiger partial charge in [-0.05, 0) is 18.2 Å². The van der Waals surface area contributed by atoms with Crippen LogP contribution in [-0.2, 0) is 4.79 Å². The highest BCUT2D eigenvalue weighted by molar-refractivity contribution is 5.69. The molecule has 0 spiro atoms. The van der Waals surface area contributed by atoms with Crippen LogP contribution in [0.3, 0.4) is 0 Å². The van der Waals surface area contributed by atoms with Crippen molar-refractivity contribution in [3.63, 3.8) is 0 Å². The molecule has 0 aromatic heterocycles. The van der Waals surface area contributed by atoms with Gasteiger partial charge < -0.3 is 15.2 Å². The lowest BCUT2D eigenvalue weighted by atomic mass is 9.95. The van der Waals surface area contributed by atoms with Crippen molar-refractivity contribution >= 4 is 5.97 Å². The van der Waals surface area contributed by atoms with Crippen LogP contribution in [0.5, 0.6) is 17.2 Å². The molecule has 0 amide bonds. The van der Waals surface area contributed by atoms with Gasteiger partial charge in [0.2, 0.25) is 0 Å². The Kier molecular flexibility index (Phi) is 2.72. The van der Waals surface area contributed by atoms with E-state index in [1.807, 2.05) is 30.3 Å².